The first-order valence-electron chi connectivity index (χ1n) is 19.4. The average Bonchev–Trinajstić information content (AvgIpc) is 3.23. The van der Waals surface area contributed by atoms with Crippen LogP contribution in [-0.2, 0) is 6.42 Å². The number of aliphatic hydroxyl groups excluding tert-OH is 3. The van der Waals surface area contributed by atoms with Crippen molar-refractivity contribution in [2.45, 2.75) is 54.9 Å². The zero-order valence-corrected chi connectivity index (χ0v) is 32.5. The zero-order valence-electron chi connectivity index (χ0n) is 32.5. The molecule has 0 aromatic heterocycles. The summed E-state index contributed by atoms with van der Waals surface area (Å²) >= 11 is 0. The molecule has 320 valence electrons. The number of hydrogen-bond donors (Lipinski definition) is 12. The van der Waals surface area contributed by atoms with Gasteiger partial charge in [-0.3, -0.25) is 0 Å². The van der Waals surface area contributed by atoms with E-state index in [1.165, 1.54) is 79.9 Å². The summed E-state index contributed by atoms with van der Waals surface area (Å²) in [5, 5.41) is 133. The first kappa shape index (κ1) is 40.0. The highest BCUT2D eigenvalue weighted by molar-refractivity contribution is 5.72. The summed E-state index contributed by atoms with van der Waals surface area (Å²) in [6, 6.07) is 19.4. The van der Waals surface area contributed by atoms with Crippen LogP contribution >= 0.6 is 0 Å². The normalized spacial score (nSPS) is 23.7. The molecule has 6 aromatic carbocycles. The number of benzene rings is 6. The molecule has 12 N–H and O–H groups in total. The number of rotatable bonds is 6. The number of phenols is 9. The summed E-state index contributed by atoms with van der Waals surface area (Å²) < 4.78 is 25.5. The van der Waals surface area contributed by atoms with Crippen molar-refractivity contribution in [1.29, 1.82) is 0 Å². The molecule has 9 rings (SSSR count). The van der Waals surface area contributed by atoms with Gasteiger partial charge in [0.1, 0.15) is 58.6 Å². The smallest absolute Gasteiger partial charge is 0.160 e. The molecule has 62 heavy (non-hydrogen) atoms. The second-order valence-corrected chi connectivity index (χ2v) is 15.5. The van der Waals surface area contributed by atoms with Gasteiger partial charge in [0.05, 0.1) is 13.2 Å². The van der Waals surface area contributed by atoms with E-state index in [0.717, 1.165) is 12.1 Å². The van der Waals surface area contributed by atoms with Crippen LogP contribution in [0.1, 0.15) is 74.7 Å². The Morgan fingerprint density at radius 1 is 0.452 bits per heavy atom. The maximum absolute atomic E-state index is 12.5. The molecule has 0 fully saturated rings. The van der Waals surface area contributed by atoms with Crippen molar-refractivity contribution in [1.82, 2.24) is 0 Å². The molecule has 8 atom stereocenters. The summed E-state index contributed by atoms with van der Waals surface area (Å²) in [6.07, 6.45) is -8.87. The monoisotopic (exact) mass is 848 g/mol. The van der Waals surface area contributed by atoms with Gasteiger partial charge in [-0.2, -0.15) is 0 Å². The van der Waals surface area contributed by atoms with Crippen molar-refractivity contribution >= 4 is 0 Å². The van der Waals surface area contributed by atoms with Crippen LogP contribution in [0, 0.1) is 0 Å². The van der Waals surface area contributed by atoms with Gasteiger partial charge in [0.25, 0.3) is 0 Å². The molecule has 0 saturated carbocycles. The standard InChI is InChI=1S/C46H40O16/c1-59-34-11-4-18(14-32(34)55)41-33(56)17-25-44(60-41)37-35(23-7-5-21(47)15-28(23)51)40(58)43(20-3-10-27(50)31(54)13-20)62-46(37)38-36(24-8-6-22(48)16-29(24)52)39(57)42(61-45(25)38)19-2-9-26(49)30(53)12-19/h2-16,33,35-36,39-43,47-58H,17H2,1H3/t33-,35+,36+,39-,40-,41+,42-,43+/m0/s1. The Hall–Kier alpha value is -7.40. The van der Waals surface area contributed by atoms with E-state index >= 15 is 0 Å². The van der Waals surface area contributed by atoms with E-state index in [1.807, 2.05) is 0 Å². The second-order valence-electron chi connectivity index (χ2n) is 15.5. The Morgan fingerprint density at radius 2 is 0.887 bits per heavy atom. The summed E-state index contributed by atoms with van der Waals surface area (Å²) in [5.41, 5.74) is 1.06. The van der Waals surface area contributed by atoms with Crippen LogP contribution < -0.4 is 18.9 Å². The Morgan fingerprint density at radius 3 is 1.34 bits per heavy atom. The van der Waals surface area contributed by atoms with Gasteiger partial charge >= 0.3 is 0 Å². The van der Waals surface area contributed by atoms with Crippen molar-refractivity contribution in [2.75, 3.05) is 7.11 Å². The number of ether oxygens (including phenoxy) is 4. The summed E-state index contributed by atoms with van der Waals surface area (Å²) in [5.74, 6) is -6.42. The molecule has 6 aromatic rings. The zero-order chi connectivity index (χ0) is 43.9. The Balaban J connectivity index is 1.38. The highest BCUT2D eigenvalue weighted by Crippen LogP contribution is 2.63. The van der Waals surface area contributed by atoms with E-state index in [0.29, 0.717) is 5.56 Å². The van der Waals surface area contributed by atoms with Crippen molar-refractivity contribution in [3.63, 3.8) is 0 Å². The van der Waals surface area contributed by atoms with E-state index in [9.17, 15) is 61.3 Å². The molecule has 0 radical (unpaired) electrons. The van der Waals surface area contributed by atoms with Gasteiger partial charge < -0.3 is 80.2 Å². The highest BCUT2D eigenvalue weighted by atomic mass is 16.5. The minimum atomic E-state index is -1.65. The Kier molecular flexibility index (Phi) is 9.65. The summed E-state index contributed by atoms with van der Waals surface area (Å²) in [6.45, 7) is 0. The number of fused-ring (bicyclic) bond motifs is 6. The van der Waals surface area contributed by atoms with Gasteiger partial charge in [-0.05, 0) is 65.2 Å². The largest absolute Gasteiger partial charge is 0.508 e. The maximum atomic E-state index is 12.5. The maximum Gasteiger partial charge on any atom is 0.160 e. The van der Waals surface area contributed by atoms with Crippen LogP contribution in [0.25, 0.3) is 0 Å². The average molecular weight is 849 g/mol. The lowest BCUT2D eigenvalue weighted by molar-refractivity contribution is -0.0171. The number of aliphatic hydroxyl groups is 3. The van der Waals surface area contributed by atoms with Crippen LogP contribution in [0.4, 0.5) is 0 Å². The SMILES string of the molecule is COc1ccc([C@H]2Oc3c(c4c(c5c3[C@@H](c3ccc(O)cc3O)[C@H](O)[C@@H](c3ccc(O)c(O)c3)O5)[C@@H](c3ccc(O)cc3O)[C@H](O)[C@H](c3ccc(O)c(O)c3)O4)C[C@@H]2O)cc1O. The van der Waals surface area contributed by atoms with Crippen LogP contribution in [0.2, 0.25) is 0 Å². The molecule has 0 aliphatic carbocycles. The minimum absolute atomic E-state index is 0.00902. The lowest BCUT2D eigenvalue weighted by Gasteiger charge is -2.46. The first-order chi connectivity index (χ1) is 29.6. The van der Waals surface area contributed by atoms with Crippen molar-refractivity contribution < 1.29 is 80.2 Å². The summed E-state index contributed by atoms with van der Waals surface area (Å²) in [7, 11) is 1.37. The minimum Gasteiger partial charge on any atom is -0.508 e. The van der Waals surface area contributed by atoms with Gasteiger partial charge in [-0.25, -0.2) is 0 Å². The molecule has 16 heteroatoms. The molecule has 0 spiro atoms. The number of aromatic hydroxyl groups is 9. The number of phenolic OH excluding ortho intramolecular Hbond substituents is 9. The Labute approximate surface area is 351 Å². The fourth-order valence-electron chi connectivity index (χ4n) is 8.94. The van der Waals surface area contributed by atoms with Crippen LogP contribution in [0.3, 0.4) is 0 Å². The fourth-order valence-corrected chi connectivity index (χ4v) is 8.94. The second kappa shape index (κ2) is 14.9. The highest BCUT2D eigenvalue weighted by Gasteiger charge is 2.52. The molecule has 3 aliphatic heterocycles. The third-order valence-electron chi connectivity index (χ3n) is 11.8. The molecule has 0 saturated heterocycles. The van der Waals surface area contributed by atoms with Crippen LogP contribution in [0.15, 0.2) is 91.0 Å². The quantitative estimate of drug-likeness (QED) is 0.0943. The first-order valence-corrected chi connectivity index (χ1v) is 19.4. The fraction of sp³-hybridized carbons (Fsp3) is 0.217. The van der Waals surface area contributed by atoms with E-state index in [-0.39, 0.29) is 85.6 Å². The van der Waals surface area contributed by atoms with Crippen LogP contribution in [0.5, 0.6) is 74.7 Å². The van der Waals surface area contributed by atoms with E-state index in [2.05, 4.69) is 0 Å². The molecular weight excluding hydrogens is 808 g/mol. The predicted molar refractivity (Wildman–Crippen MR) is 216 cm³/mol. The molecule has 16 nitrogen and oxygen atoms in total. The molecule has 0 unspecified atom stereocenters. The number of methoxy groups -OCH3 is 1. The van der Waals surface area contributed by atoms with Gasteiger partial charge in [0, 0.05) is 58.2 Å². The Bertz CT molecular complexity index is 2750. The lowest BCUT2D eigenvalue weighted by Crippen LogP contribution is -2.41. The number of hydrogen-bond acceptors (Lipinski definition) is 16. The van der Waals surface area contributed by atoms with Gasteiger partial charge in [-0.15, -0.1) is 0 Å². The van der Waals surface area contributed by atoms with E-state index < -0.39 is 83.0 Å². The van der Waals surface area contributed by atoms with Crippen LogP contribution in [-0.4, -0.2) is 86.7 Å². The summed E-state index contributed by atoms with van der Waals surface area (Å²) in [4.78, 5) is 0. The molecule has 0 amide bonds. The van der Waals surface area contributed by atoms with E-state index in [1.54, 1.807) is 6.07 Å². The van der Waals surface area contributed by atoms with Gasteiger partial charge in [0.15, 0.2) is 46.7 Å². The van der Waals surface area contributed by atoms with Gasteiger partial charge in [0.2, 0.25) is 0 Å². The topological polar surface area (TPSA) is 280 Å². The van der Waals surface area contributed by atoms with E-state index in [4.69, 9.17) is 18.9 Å². The van der Waals surface area contributed by atoms with Crippen molar-refractivity contribution in [3.05, 3.63) is 136 Å². The van der Waals surface area contributed by atoms with Crippen molar-refractivity contribution in [2.24, 2.45) is 0 Å². The predicted octanol–water partition coefficient (Wildman–Crippen LogP) is 5.34. The molecule has 3 aliphatic rings. The third kappa shape index (κ3) is 6.43. The molecular formula is C46H40O16. The van der Waals surface area contributed by atoms with Crippen molar-refractivity contribution in [3.8, 4) is 74.7 Å². The molecule has 3 heterocycles. The molecule has 0 bridgehead atoms. The third-order valence-corrected chi connectivity index (χ3v) is 11.8. The van der Waals surface area contributed by atoms with Gasteiger partial charge in [-0.1, -0.05) is 30.3 Å². The lowest BCUT2D eigenvalue weighted by atomic mass is 9.72.